The molecule has 5 aromatic carbocycles. The first-order valence-corrected chi connectivity index (χ1v) is 26.3. The Bertz CT molecular complexity index is 3500. The van der Waals surface area contributed by atoms with Crippen molar-refractivity contribution in [3.05, 3.63) is 184 Å². The van der Waals surface area contributed by atoms with Gasteiger partial charge in [0.2, 0.25) is 0 Å². The zero-order valence-electron chi connectivity index (χ0n) is 46.6. The van der Waals surface area contributed by atoms with Crippen molar-refractivity contribution >= 4 is 74.6 Å². The molecule has 10 N–H and O–H groups in total. The van der Waals surface area contributed by atoms with Gasteiger partial charge in [-0.05, 0) is 127 Å². The molecule has 436 valence electrons. The van der Waals surface area contributed by atoms with Gasteiger partial charge in [-0.2, -0.15) is 0 Å². The first-order valence-electron chi connectivity index (χ1n) is 26.3. The van der Waals surface area contributed by atoms with Crippen molar-refractivity contribution in [1.29, 1.82) is 0 Å². The van der Waals surface area contributed by atoms with Gasteiger partial charge in [0, 0.05) is 49.8 Å². The third-order valence-electron chi connectivity index (χ3n) is 11.5. The zero-order chi connectivity index (χ0) is 59.9. The van der Waals surface area contributed by atoms with E-state index in [0.717, 1.165) is 48.9 Å². The number of phenols is 1. The minimum atomic E-state index is -0.496. The quantitative estimate of drug-likeness (QED) is 0.0331. The second kappa shape index (κ2) is 33.8. The molecule has 0 saturated carbocycles. The molecule has 0 fully saturated rings. The van der Waals surface area contributed by atoms with E-state index in [9.17, 15) is 38.4 Å². The van der Waals surface area contributed by atoms with E-state index in [4.69, 9.17) is 14.6 Å². The number of aromatic hydroxyl groups is 1. The number of phenolic OH excluding ortho intramolecular Hbond substituents is 1. The van der Waals surface area contributed by atoms with E-state index in [0.29, 0.717) is 50.3 Å². The summed E-state index contributed by atoms with van der Waals surface area (Å²) in [7, 11) is 0. The van der Waals surface area contributed by atoms with E-state index in [2.05, 4.69) is 75.3 Å². The average Bonchev–Trinajstić information content (AvgIpc) is 4.17. The number of nitrogens with one attached hydrogen (secondary N) is 9. The van der Waals surface area contributed by atoms with Crippen LogP contribution in [0.1, 0.15) is 54.3 Å². The van der Waals surface area contributed by atoms with Crippen molar-refractivity contribution in [1.82, 2.24) is 56.8 Å². The second-order valence-corrected chi connectivity index (χ2v) is 17.7. The maximum atomic E-state index is 12.2. The molecule has 8 amide bonds. The molecule has 0 aliphatic heterocycles. The molecule has 0 atom stereocenters. The maximum absolute atomic E-state index is 12.2. The average molecular weight is 1140 g/mol. The lowest BCUT2D eigenvalue weighted by Gasteiger charge is -2.11. The van der Waals surface area contributed by atoms with Gasteiger partial charge in [0.25, 0.3) is 5.56 Å². The number of amides is 8. The zero-order valence-corrected chi connectivity index (χ0v) is 46.6. The molecule has 0 aliphatic carbocycles. The molecule has 8 rings (SSSR count). The Kier molecular flexibility index (Phi) is 25.8. The highest BCUT2D eigenvalue weighted by molar-refractivity contribution is 5.89. The van der Waals surface area contributed by atoms with Crippen molar-refractivity contribution in [2.24, 2.45) is 0 Å². The fourth-order valence-electron chi connectivity index (χ4n) is 7.40. The van der Waals surface area contributed by atoms with Gasteiger partial charge in [-0.15, -0.1) is 0 Å². The molecule has 0 bridgehead atoms. The molecule has 8 aromatic rings. The molecule has 24 nitrogen and oxygen atoms in total. The number of carbonyl (C=O) groups is 7. The van der Waals surface area contributed by atoms with Crippen molar-refractivity contribution in [2.75, 3.05) is 44.9 Å². The number of aromatic amines is 1. The Morgan fingerprint density at radius 1 is 0.530 bits per heavy atom. The van der Waals surface area contributed by atoms with Crippen LogP contribution in [-0.4, -0.2) is 106 Å². The summed E-state index contributed by atoms with van der Waals surface area (Å²) in [5.41, 5.74) is 9.62. The molecule has 3 aromatic heterocycles. The number of ether oxygens (including phenoxy) is 3. The monoisotopic (exact) mass is 1140 g/mol. The number of carbonyl (C=O) groups excluding carboxylic acids is 7. The number of pyridine rings is 1. The van der Waals surface area contributed by atoms with Crippen LogP contribution in [0.3, 0.4) is 0 Å². The number of para-hydroxylation sites is 1. The van der Waals surface area contributed by atoms with Crippen LogP contribution in [0.15, 0.2) is 145 Å². The van der Waals surface area contributed by atoms with Gasteiger partial charge in [-0.3, -0.25) is 24.2 Å². The van der Waals surface area contributed by atoms with Crippen LogP contribution in [0.25, 0.3) is 32.6 Å². The Labute approximate surface area is 478 Å². The topological polar surface area (TPSA) is 327 Å². The van der Waals surface area contributed by atoms with Gasteiger partial charge in [0.05, 0.1) is 30.7 Å². The molecule has 83 heavy (non-hydrogen) atoms. The number of hydrogen-bond acceptors (Lipinski definition) is 14. The van der Waals surface area contributed by atoms with Crippen molar-refractivity contribution in [2.45, 2.75) is 60.8 Å². The summed E-state index contributed by atoms with van der Waals surface area (Å²) in [6.45, 7) is 11.0. The highest BCUT2D eigenvalue weighted by Crippen LogP contribution is 2.22. The number of aromatic nitrogens is 4. The van der Waals surface area contributed by atoms with Gasteiger partial charge in [-0.25, -0.2) is 34.3 Å². The van der Waals surface area contributed by atoms with Crippen LogP contribution in [0.4, 0.5) is 19.2 Å². The largest absolute Gasteiger partial charge is 0.508 e. The molecule has 24 heteroatoms. The molecular weight excluding hydrogens is 1070 g/mol. The van der Waals surface area contributed by atoms with Crippen LogP contribution in [0.2, 0.25) is 0 Å². The smallest absolute Gasteiger partial charge is 0.334 e. The lowest BCUT2D eigenvalue weighted by Crippen LogP contribution is -2.39. The van der Waals surface area contributed by atoms with Gasteiger partial charge in [0.15, 0.2) is 0 Å². The minimum absolute atomic E-state index is 0.128. The number of aryl methyl sites for hydroxylation is 2. The van der Waals surface area contributed by atoms with Crippen LogP contribution in [0, 0.1) is 13.8 Å². The number of fused-ring (bicyclic) bond motifs is 3. The number of H-pyrrole nitrogens is 1. The van der Waals surface area contributed by atoms with Crippen LogP contribution in [0.5, 0.6) is 5.75 Å². The van der Waals surface area contributed by atoms with Gasteiger partial charge in [-0.1, -0.05) is 72.8 Å². The summed E-state index contributed by atoms with van der Waals surface area (Å²) < 4.78 is 15.2. The second-order valence-electron chi connectivity index (χ2n) is 17.7. The van der Waals surface area contributed by atoms with Crippen molar-refractivity contribution in [3.63, 3.8) is 0 Å². The summed E-state index contributed by atoms with van der Waals surface area (Å²) in [6, 6.07) is 35.4. The highest BCUT2D eigenvalue weighted by Gasteiger charge is 2.11. The molecule has 0 aliphatic rings. The minimum Gasteiger partial charge on any atom is -0.508 e. The fraction of sp³-hybridized carbons (Fsp3) is 0.254. The third-order valence-corrected chi connectivity index (χ3v) is 11.5. The van der Waals surface area contributed by atoms with Gasteiger partial charge in [0.1, 0.15) is 31.7 Å². The van der Waals surface area contributed by atoms with Gasteiger partial charge < -0.3 is 61.5 Å². The Morgan fingerprint density at radius 3 is 1.64 bits per heavy atom. The standard InChI is InChI=1S/C17H20N2O3.C16H15N5O2.C14H17N3O3.C12H16N2O4/c1-3-22-16(20)11-19-17(21)18-10-13-9-8-12(2)14-6-4-5-7-15(13)14;1-11-6-7-12(8-17-11)9-18-16(23)20-21-10-19-14-5-3-2-4-13(14)15(21)22;1-2-20-13(18)9-17-14(19)16-8-10-3-4-12-11(7-10)5-6-15-12;1-2-18-11(16)8-14-12(17)13-7-9-3-5-10(15)6-4-9/h4-9H,3,10-11H2,1-2H3,(H2,18,19,21);2-8,10H,9H2,1H3,(H2,18,20,23);3-7,15H,2,8-9H2,1H3,(H2,16,17,19);3-6,15H,2,7-8H2,1H3,(H2,13,14,17). The number of esters is 3. The van der Waals surface area contributed by atoms with E-state index < -0.39 is 42.0 Å². The van der Waals surface area contributed by atoms with Crippen LogP contribution >= 0.6 is 0 Å². The summed E-state index contributed by atoms with van der Waals surface area (Å²) >= 11 is 0. The molecule has 3 heterocycles. The summed E-state index contributed by atoms with van der Waals surface area (Å²) in [6.07, 6.45) is 4.85. The Hall–Kier alpha value is -10.5. The lowest BCUT2D eigenvalue weighted by atomic mass is 10.0. The Morgan fingerprint density at radius 2 is 1.05 bits per heavy atom. The van der Waals surface area contributed by atoms with Crippen LogP contribution < -0.4 is 48.2 Å². The first kappa shape index (κ1) is 63.3. The van der Waals surface area contributed by atoms with Gasteiger partial charge >= 0.3 is 42.0 Å². The van der Waals surface area contributed by atoms with E-state index in [-0.39, 0.29) is 37.5 Å². The number of nitrogens with zero attached hydrogens (tertiary/aromatic N) is 3. The normalized spacial score (nSPS) is 10.2. The molecule has 0 unspecified atom stereocenters. The third kappa shape index (κ3) is 22.3. The number of hydrogen-bond donors (Lipinski definition) is 10. The first-order chi connectivity index (χ1) is 40.0. The highest BCUT2D eigenvalue weighted by atomic mass is 16.5. The van der Waals surface area contributed by atoms with E-state index >= 15 is 0 Å². The SMILES string of the molecule is CCOC(=O)CNC(=O)NCc1ccc(C)c2ccccc12.CCOC(=O)CNC(=O)NCc1ccc(O)cc1.CCOC(=O)CNC(=O)NCc1ccc2[nH]ccc2c1.Cc1ccc(CNC(=O)Nn2cnc3ccccc3c2=O)cn1. The Balaban J connectivity index is 0.000000204. The number of rotatable bonds is 18. The molecular formula is C59H68N12O12. The fourth-order valence-corrected chi connectivity index (χ4v) is 7.40. The lowest BCUT2D eigenvalue weighted by molar-refractivity contribution is -0.142. The maximum Gasteiger partial charge on any atom is 0.334 e. The summed E-state index contributed by atoms with van der Waals surface area (Å²) in [4.78, 5) is 103. The van der Waals surface area contributed by atoms with Crippen LogP contribution in [-0.2, 0) is 54.8 Å². The van der Waals surface area contributed by atoms with Crippen molar-refractivity contribution < 1.29 is 52.9 Å². The van der Waals surface area contributed by atoms with E-state index in [1.165, 1.54) is 29.4 Å². The number of benzene rings is 5. The molecule has 0 spiro atoms. The molecule has 0 radical (unpaired) electrons. The predicted molar refractivity (Wildman–Crippen MR) is 312 cm³/mol. The van der Waals surface area contributed by atoms with Crippen molar-refractivity contribution in [3.8, 4) is 5.75 Å². The predicted octanol–water partition coefficient (Wildman–Crippen LogP) is 6.35. The summed E-state index contributed by atoms with van der Waals surface area (Å²) in [5.74, 6) is -1.20. The van der Waals surface area contributed by atoms with E-state index in [1.807, 2.05) is 79.9 Å². The number of urea groups is 4. The van der Waals surface area contributed by atoms with E-state index in [1.54, 1.807) is 63.4 Å². The molecule has 0 saturated heterocycles. The summed E-state index contributed by atoms with van der Waals surface area (Å²) in [5, 5.41) is 30.9.